The first-order valence-electron chi connectivity index (χ1n) is 4.93. The lowest BCUT2D eigenvalue weighted by atomic mass is 9.84. The van der Waals surface area contributed by atoms with Gasteiger partial charge in [0.25, 0.3) is 0 Å². The Morgan fingerprint density at radius 2 is 1.88 bits per heavy atom. The molecule has 0 saturated carbocycles. The smallest absolute Gasteiger partial charge is 0.315 e. The number of hydrogen-bond acceptors (Lipinski definition) is 3. The Morgan fingerprint density at radius 1 is 1.31 bits per heavy atom. The van der Waals surface area contributed by atoms with Crippen molar-refractivity contribution in [3.63, 3.8) is 0 Å². The third-order valence-electron chi connectivity index (χ3n) is 2.44. The summed E-state index contributed by atoms with van der Waals surface area (Å²) in [6, 6.07) is 7.92. The fourth-order valence-electron chi connectivity index (χ4n) is 1.41. The maximum absolute atomic E-state index is 11.5. The molecule has 16 heavy (non-hydrogen) atoms. The third-order valence-corrected chi connectivity index (χ3v) is 2.44. The molecular formula is C13H18O3. The lowest BCUT2D eigenvalue weighted by molar-refractivity contribution is -0.146. The van der Waals surface area contributed by atoms with E-state index in [9.17, 15) is 4.79 Å². The van der Waals surface area contributed by atoms with Crippen LogP contribution in [-0.4, -0.2) is 19.9 Å². The lowest BCUT2D eigenvalue weighted by Crippen LogP contribution is -2.30. The molecule has 88 valence electrons. The molecule has 0 amide bonds. The maximum atomic E-state index is 11.5. The van der Waals surface area contributed by atoms with Crippen molar-refractivity contribution < 1.29 is 14.3 Å². The highest BCUT2D eigenvalue weighted by Gasteiger charge is 2.30. The zero-order valence-electron chi connectivity index (χ0n) is 10.2. The molecule has 0 aromatic heterocycles. The fraction of sp³-hybridized carbons (Fsp3) is 0.385. The third kappa shape index (κ3) is 3.19. The molecule has 0 N–H and O–H groups in total. The predicted octanol–water partition coefficient (Wildman–Crippen LogP) is 2.26. The van der Waals surface area contributed by atoms with Gasteiger partial charge in [0.05, 0.1) is 12.5 Å². The summed E-state index contributed by atoms with van der Waals surface area (Å²) in [6.45, 7) is 7.75. The Labute approximate surface area is 96.4 Å². The van der Waals surface area contributed by atoms with E-state index in [0.29, 0.717) is 0 Å². The topological polar surface area (TPSA) is 43.4 Å². The molecule has 0 unspecified atom stereocenters. The van der Waals surface area contributed by atoms with Crippen LogP contribution in [0.5, 0.6) is 0 Å². The summed E-state index contributed by atoms with van der Waals surface area (Å²) in [6.07, 6.45) is 0. The first kappa shape index (κ1) is 14.4. The first-order valence-corrected chi connectivity index (χ1v) is 4.93. The Kier molecular flexibility index (Phi) is 5.43. The van der Waals surface area contributed by atoms with Crippen LogP contribution in [0.25, 0.3) is 0 Å². The summed E-state index contributed by atoms with van der Waals surface area (Å²) in [7, 11) is 1.42. The van der Waals surface area contributed by atoms with Gasteiger partial charge in [-0.15, -0.1) is 0 Å². The van der Waals surface area contributed by atoms with Crippen LogP contribution in [0.4, 0.5) is 0 Å². The largest absolute Gasteiger partial charge is 0.468 e. The number of hydrogen-bond donors (Lipinski definition) is 0. The van der Waals surface area contributed by atoms with Crippen LogP contribution in [0.15, 0.2) is 24.3 Å². The van der Waals surface area contributed by atoms with E-state index in [4.69, 9.17) is 9.53 Å². The Balaban J connectivity index is 0.00000106. The predicted molar refractivity (Wildman–Crippen MR) is 63.3 cm³/mol. The minimum absolute atomic E-state index is 0.205. The maximum Gasteiger partial charge on any atom is 0.315 e. The Bertz CT molecular complexity index is 356. The highest BCUT2D eigenvalue weighted by Crippen LogP contribution is 2.24. The molecule has 3 nitrogen and oxygen atoms in total. The van der Waals surface area contributed by atoms with Crippen LogP contribution >= 0.6 is 0 Å². The van der Waals surface area contributed by atoms with E-state index in [-0.39, 0.29) is 5.97 Å². The van der Waals surface area contributed by atoms with Gasteiger partial charge in [-0.3, -0.25) is 4.79 Å². The first-order chi connectivity index (χ1) is 7.48. The van der Waals surface area contributed by atoms with E-state index < -0.39 is 5.41 Å². The van der Waals surface area contributed by atoms with Gasteiger partial charge in [-0.2, -0.15) is 0 Å². The Morgan fingerprint density at radius 3 is 2.31 bits per heavy atom. The van der Waals surface area contributed by atoms with Crippen molar-refractivity contribution in [3.8, 4) is 0 Å². The second-order valence-electron chi connectivity index (χ2n) is 3.99. The van der Waals surface area contributed by atoms with Crippen LogP contribution in [0.3, 0.4) is 0 Å². The summed E-state index contributed by atoms with van der Waals surface area (Å²) >= 11 is 0. The minimum Gasteiger partial charge on any atom is -0.468 e. The van der Waals surface area contributed by atoms with Crippen LogP contribution < -0.4 is 0 Å². The summed E-state index contributed by atoms with van der Waals surface area (Å²) in [5.74, 6) is -0.205. The van der Waals surface area contributed by atoms with Gasteiger partial charge in [0.15, 0.2) is 0 Å². The van der Waals surface area contributed by atoms with Crippen molar-refractivity contribution in [2.24, 2.45) is 0 Å². The van der Waals surface area contributed by atoms with Gasteiger partial charge in [-0.05, 0) is 26.3 Å². The molecule has 0 aliphatic heterocycles. The molecule has 1 aromatic carbocycles. The number of benzene rings is 1. The molecule has 3 heteroatoms. The quantitative estimate of drug-likeness (QED) is 0.721. The zero-order valence-corrected chi connectivity index (χ0v) is 10.2. The molecule has 0 aliphatic rings. The zero-order chi connectivity index (χ0) is 12.8. The summed E-state index contributed by atoms with van der Waals surface area (Å²) < 4.78 is 4.77. The van der Waals surface area contributed by atoms with Gasteiger partial charge in [0.2, 0.25) is 0 Å². The van der Waals surface area contributed by atoms with E-state index >= 15 is 0 Å². The molecular weight excluding hydrogens is 204 g/mol. The van der Waals surface area contributed by atoms with Crippen LogP contribution in [-0.2, 0) is 19.7 Å². The molecule has 0 aliphatic carbocycles. The minimum atomic E-state index is -0.569. The van der Waals surface area contributed by atoms with Gasteiger partial charge in [-0.1, -0.05) is 29.8 Å². The molecule has 0 atom stereocenters. The summed E-state index contributed by atoms with van der Waals surface area (Å²) in [5, 5.41) is 0. The number of carbonyl (C=O) groups excluding carboxylic acids is 2. The number of rotatable bonds is 2. The molecule has 0 radical (unpaired) electrons. The van der Waals surface area contributed by atoms with Crippen molar-refractivity contribution >= 4 is 12.8 Å². The van der Waals surface area contributed by atoms with Crippen molar-refractivity contribution in [3.05, 3.63) is 35.4 Å². The van der Waals surface area contributed by atoms with Gasteiger partial charge in [0.1, 0.15) is 6.79 Å². The molecule has 0 spiro atoms. The standard InChI is InChI=1S/C12H16O2.CH2O/c1-9-6-5-7-10(8-9)12(2,3)11(13)14-4;1-2/h5-8H,1-4H3;1H2. The summed E-state index contributed by atoms with van der Waals surface area (Å²) in [5.41, 5.74) is 1.57. The van der Waals surface area contributed by atoms with E-state index in [1.54, 1.807) is 0 Å². The summed E-state index contributed by atoms with van der Waals surface area (Å²) in [4.78, 5) is 19.5. The normalized spacial score (nSPS) is 10.0. The SMILES string of the molecule is C=O.COC(=O)C(C)(C)c1cccc(C)c1. The number of methoxy groups -OCH3 is 1. The molecule has 1 aromatic rings. The van der Waals surface area contributed by atoms with Gasteiger partial charge >= 0.3 is 5.97 Å². The van der Waals surface area contributed by atoms with E-state index in [1.165, 1.54) is 7.11 Å². The van der Waals surface area contributed by atoms with Crippen molar-refractivity contribution in [2.45, 2.75) is 26.2 Å². The Hall–Kier alpha value is -1.64. The van der Waals surface area contributed by atoms with Gasteiger partial charge in [0, 0.05) is 0 Å². The average Bonchev–Trinajstić information content (AvgIpc) is 2.30. The number of esters is 1. The number of ether oxygens (including phenoxy) is 1. The van der Waals surface area contributed by atoms with Crippen molar-refractivity contribution in [1.82, 2.24) is 0 Å². The van der Waals surface area contributed by atoms with Crippen molar-refractivity contribution in [2.75, 3.05) is 7.11 Å². The molecule has 0 saturated heterocycles. The van der Waals surface area contributed by atoms with Crippen LogP contribution in [0.2, 0.25) is 0 Å². The second-order valence-corrected chi connectivity index (χ2v) is 3.99. The highest BCUT2D eigenvalue weighted by molar-refractivity contribution is 5.82. The van der Waals surface area contributed by atoms with Gasteiger partial charge < -0.3 is 9.53 Å². The molecule has 1 rings (SSSR count). The van der Waals surface area contributed by atoms with Crippen LogP contribution in [0, 0.1) is 6.92 Å². The monoisotopic (exact) mass is 222 g/mol. The average molecular weight is 222 g/mol. The molecule has 0 fully saturated rings. The van der Waals surface area contributed by atoms with Crippen molar-refractivity contribution in [1.29, 1.82) is 0 Å². The molecule has 0 heterocycles. The van der Waals surface area contributed by atoms with Crippen LogP contribution in [0.1, 0.15) is 25.0 Å². The number of carbonyl (C=O) groups is 2. The highest BCUT2D eigenvalue weighted by atomic mass is 16.5. The molecule has 0 bridgehead atoms. The van der Waals surface area contributed by atoms with Gasteiger partial charge in [-0.25, -0.2) is 0 Å². The number of aryl methyl sites for hydroxylation is 1. The lowest BCUT2D eigenvalue weighted by Gasteiger charge is -2.22. The fourth-order valence-corrected chi connectivity index (χ4v) is 1.41. The van der Waals surface area contributed by atoms with E-state index in [1.807, 2.05) is 51.8 Å². The van der Waals surface area contributed by atoms with E-state index in [2.05, 4.69) is 0 Å². The van der Waals surface area contributed by atoms with E-state index in [0.717, 1.165) is 11.1 Å². The second kappa shape index (κ2) is 6.05.